The summed E-state index contributed by atoms with van der Waals surface area (Å²) < 4.78 is 31.0. The molecule has 0 aliphatic carbocycles. The van der Waals surface area contributed by atoms with Gasteiger partial charge >= 0.3 is 0 Å². The van der Waals surface area contributed by atoms with E-state index in [0.29, 0.717) is 16.8 Å². The molecule has 3 aromatic carbocycles. The minimum absolute atomic E-state index is 0.207. The van der Waals surface area contributed by atoms with Gasteiger partial charge in [-0.05, 0) is 120 Å². The number of carbonyl (C=O) groups is 2. The summed E-state index contributed by atoms with van der Waals surface area (Å²) >= 11 is 1.58. The van der Waals surface area contributed by atoms with E-state index >= 15 is 0 Å². The standard InChI is InChI=1S/C32H35N3O4S2/c1-18-9-14-25-27(15-18)40-30(33-25)23-10-12-24(13-11-23)34-28(36)17-26(31(34)37)35(32(6,7)8)41(38,39)29-21(4)19(2)16-20(3)22(29)5/h9-16,26H,17H2,1-8H3. The molecule has 2 amide bonds. The Kier molecular flexibility index (Phi) is 7.21. The van der Waals surface area contributed by atoms with Crippen LogP contribution in [0.5, 0.6) is 0 Å². The molecule has 1 saturated heterocycles. The maximum Gasteiger partial charge on any atom is 0.252 e. The second-order valence-corrected chi connectivity index (χ2v) is 14.7. The summed E-state index contributed by atoms with van der Waals surface area (Å²) in [5, 5.41) is 0.846. The molecular weight excluding hydrogens is 555 g/mol. The number of thiazole rings is 1. The Morgan fingerprint density at radius 3 is 2.10 bits per heavy atom. The van der Waals surface area contributed by atoms with Gasteiger partial charge in [0.15, 0.2) is 0 Å². The van der Waals surface area contributed by atoms with E-state index in [0.717, 1.165) is 42.4 Å². The van der Waals surface area contributed by atoms with E-state index in [1.807, 2.05) is 51.1 Å². The molecule has 1 unspecified atom stereocenters. The molecule has 214 valence electrons. The number of hydrogen-bond acceptors (Lipinski definition) is 6. The molecule has 0 spiro atoms. The van der Waals surface area contributed by atoms with Crippen molar-refractivity contribution in [3.63, 3.8) is 0 Å². The summed E-state index contributed by atoms with van der Waals surface area (Å²) in [6.07, 6.45) is -0.225. The lowest BCUT2D eigenvalue weighted by Gasteiger charge is -2.38. The number of anilines is 1. The van der Waals surface area contributed by atoms with Crippen LogP contribution in [0.2, 0.25) is 0 Å². The highest BCUT2D eigenvalue weighted by atomic mass is 32.2. The number of imide groups is 1. The Hall–Kier alpha value is -3.40. The van der Waals surface area contributed by atoms with Crippen molar-refractivity contribution in [2.75, 3.05) is 4.90 Å². The number of sulfonamides is 1. The van der Waals surface area contributed by atoms with Gasteiger partial charge in [0.25, 0.3) is 5.91 Å². The van der Waals surface area contributed by atoms with Gasteiger partial charge < -0.3 is 0 Å². The first-order valence-electron chi connectivity index (χ1n) is 13.6. The van der Waals surface area contributed by atoms with Crippen LogP contribution in [-0.4, -0.2) is 41.1 Å². The van der Waals surface area contributed by atoms with Crippen molar-refractivity contribution in [1.29, 1.82) is 0 Å². The molecule has 1 aliphatic rings. The minimum Gasteiger partial charge on any atom is -0.274 e. The first-order chi connectivity index (χ1) is 19.1. The molecule has 5 rings (SSSR count). The molecule has 1 atom stereocenters. The molecule has 1 fully saturated rings. The van der Waals surface area contributed by atoms with E-state index in [4.69, 9.17) is 4.98 Å². The molecule has 9 heteroatoms. The van der Waals surface area contributed by atoms with Crippen molar-refractivity contribution in [2.45, 2.75) is 78.3 Å². The van der Waals surface area contributed by atoms with E-state index in [1.165, 1.54) is 4.31 Å². The third-order valence-electron chi connectivity index (χ3n) is 7.80. The van der Waals surface area contributed by atoms with Crippen LogP contribution in [0.1, 0.15) is 55.0 Å². The topological polar surface area (TPSA) is 87.7 Å². The average molecular weight is 590 g/mol. The van der Waals surface area contributed by atoms with E-state index in [-0.39, 0.29) is 11.3 Å². The first-order valence-corrected chi connectivity index (χ1v) is 15.8. The molecule has 2 heterocycles. The zero-order valence-electron chi connectivity index (χ0n) is 24.7. The van der Waals surface area contributed by atoms with Gasteiger partial charge in [0.1, 0.15) is 11.0 Å². The summed E-state index contributed by atoms with van der Waals surface area (Å²) in [5.41, 5.74) is 5.44. The van der Waals surface area contributed by atoms with Crippen LogP contribution in [0.3, 0.4) is 0 Å². The third kappa shape index (κ3) is 5.00. The van der Waals surface area contributed by atoms with Crippen LogP contribution in [0.25, 0.3) is 20.8 Å². The number of aryl methyl sites for hydroxylation is 3. The molecule has 0 N–H and O–H groups in total. The largest absolute Gasteiger partial charge is 0.274 e. The van der Waals surface area contributed by atoms with Crippen molar-refractivity contribution in [3.8, 4) is 10.6 Å². The van der Waals surface area contributed by atoms with Crippen molar-refractivity contribution in [1.82, 2.24) is 9.29 Å². The molecule has 7 nitrogen and oxygen atoms in total. The molecular formula is C32H35N3O4S2. The lowest BCUT2D eigenvalue weighted by Crippen LogP contribution is -2.54. The molecule has 1 aliphatic heterocycles. The summed E-state index contributed by atoms with van der Waals surface area (Å²) in [6, 6.07) is 14.1. The number of amides is 2. The number of aromatic nitrogens is 1. The number of nitrogens with zero attached hydrogens (tertiary/aromatic N) is 3. The predicted octanol–water partition coefficient (Wildman–Crippen LogP) is 6.63. The second-order valence-electron chi connectivity index (χ2n) is 11.9. The van der Waals surface area contributed by atoms with Crippen LogP contribution in [0.4, 0.5) is 5.69 Å². The van der Waals surface area contributed by atoms with Gasteiger partial charge in [-0.2, -0.15) is 4.31 Å². The van der Waals surface area contributed by atoms with Gasteiger partial charge in [0.05, 0.1) is 27.2 Å². The summed E-state index contributed by atoms with van der Waals surface area (Å²) in [5.74, 6) is -0.974. The normalized spacial score (nSPS) is 16.4. The summed E-state index contributed by atoms with van der Waals surface area (Å²) in [6.45, 7) is 14.7. The first kappa shape index (κ1) is 29.1. The van der Waals surface area contributed by atoms with Crippen molar-refractivity contribution < 1.29 is 18.0 Å². The van der Waals surface area contributed by atoms with E-state index in [2.05, 4.69) is 6.07 Å². The van der Waals surface area contributed by atoms with Gasteiger partial charge in [0, 0.05) is 11.1 Å². The zero-order valence-corrected chi connectivity index (χ0v) is 26.3. The van der Waals surface area contributed by atoms with E-state index in [1.54, 1.807) is 58.1 Å². The number of hydrogen-bond donors (Lipinski definition) is 0. The highest BCUT2D eigenvalue weighted by Gasteiger charge is 2.51. The average Bonchev–Trinajstić information content (AvgIpc) is 3.41. The van der Waals surface area contributed by atoms with Gasteiger partial charge in [-0.25, -0.2) is 18.3 Å². The van der Waals surface area contributed by atoms with Crippen LogP contribution in [0, 0.1) is 34.6 Å². The Labute approximate surface area is 245 Å². The van der Waals surface area contributed by atoms with E-state index in [9.17, 15) is 18.0 Å². The third-order valence-corrected chi connectivity index (χ3v) is 11.3. The SMILES string of the molecule is Cc1ccc2nc(-c3ccc(N4C(=O)CC(N(C(C)(C)C)S(=O)(=O)c5c(C)c(C)cc(C)c5C)C4=O)cc3)sc2c1. The number of carbonyl (C=O) groups excluding carboxylic acids is 2. The fourth-order valence-corrected chi connectivity index (χ4v) is 9.22. The molecule has 41 heavy (non-hydrogen) atoms. The maximum absolute atomic E-state index is 14.3. The monoisotopic (exact) mass is 589 g/mol. The molecule has 0 bridgehead atoms. The van der Waals surface area contributed by atoms with Crippen molar-refractivity contribution in [2.24, 2.45) is 0 Å². The van der Waals surface area contributed by atoms with Gasteiger partial charge in [-0.15, -0.1) is 11.3 Å². The minimum atomic E-state index is -4.14. The zero-order chi connectivity index (χ0) is 30.0. The maximum atomic E-state index is 14.3. The van der Waals surface area contributed by atoms with E-state index < -0.39 is 33.4 Å². The highest BCUT2D eigenvalue weighted by Crippen LogP contribution is 2.38. The Bertz CT molecular complexity index is 1790. The fraction of sp³-hybridized carbons (Fsp3) is 0.344. The predicted molar refractivity (Wildman–Crippen MR) is 165 cm³/mol. The van der Waals surface area contributed by atoms with Crippen LogP contribution >= 0.6 is 11.3 Å². The van der Waals surface area contributed by atoms with Gasteiger partial charge in [-0.3, -0.25) is 9.59 Å². The molecule has 4 aromatic rings. The van der Waals surface area contributed by atoms with Crippen LogP contribution in [-0.2, 0) is 19.6 Å². The smallest absolute Gasteiger partial charge is 0.252 e. The van der Waals surface area contributed by atoms with Crippen molar-refractivity contribution >= 4 is 49.1 Å². The van der Waals surface area contributed by atoms with Crippen LogP contribution < -0.4 is 4.90 Å². The Morgan fingerprint density at radius 1 is 0.902 bits per heavy atom. The number of fused-ring (bicyclic) bond motifs is 1. The Morgan fingerprint density at radius 2 is 1.51 bits per heavy atom. The molecule has 0 radical (unpaired) electrons. The van der Waals surface area contributed by atoms with Gasteiger partial charge in [-0.1, -0.05) is 12.1 Å². The fourth-order valence-electron chi connectivity index (χ4n) is 5.64. The summed E-state index contributed by atoms with van der Waals surface area (Å²) in [4.78, 5) is 33.2. The lowest BCUT2D eigenvalue weighted by molar-refractivity contribution is -0.122. The number of benzene rings is 3. The van der Waals surface area contributed by atoms with Gasteiger partial charge in [0.2, 0.25) is 15.9 Å². The quantitative estimate of drug-likeness (QED) is 0.244. The highest BCUT2D eigenvalue weighted by molar-refractivity contribution is 7.89. The summed E-state index contributed by atoms with van der Waals surface area (Å²) in [7, 11) is -4.14. The lowest BCUT2D eigenvalue weighted by atomic mass is 10.0. The molecule has 0 saturated carbocycles. The Balaban J connectivity index is 1.50. The van der Waals surface area contributed by atoms with Crippen LogP contribution in [0.15, 0.2) is 53.4 Å². The second kappa shape index (κ2) is 10.2. The number of rotatable bonds is 5. The van der Waals surface area contributed by atoms with Crippen molar-refractivity contribution in [3.05, 3.63) is 76.3 Å². The molecule has 1 aromatic heterocycles.